The van der Waals surface area contributed by atoms with E-state index in [0.29, 0.717) is 11.8 Å². The first-order chi connectivity index (χ1) is 9.02. The molecule has 2 rings (SSSR count). The Morgan fingerprint density at radius 1 is 1.42 bits per heavy atom. The first kappa shape index (κ1) is 13.3. The second-order valence-corrected chi connectivity index (χ2v) is 5.26. The molecule has 1 aromatic carbocycles. The van der Waals surface area contributed by atoms with E-state index < -0.39 is 4.92 Å². The van der Waals surface area contributed by atoms with Gasteiger partial charge in [0.2, 0.25) is 0 Å². The van der Waals surface area contributed by atoms with Crippen LogP contribution in [-0.2, 0) is 0 Å². The number of nitro groups is 1. The lowest BCUT2D eigenvalue weighted by molar-refractivity contribution is -0.385. The van der Waals surface area contributed by atoms with Gasteiger partial charge in [0.05, 0.1) is 4.92 Å². The van der Waals surface area contributed by atoms with Crippen molar-refractivity contribution in [1.29, 1.82) is 5.26 Å². The lowest BCUT2D eigenvalue weighted by Crippen LogP contribution is -2.38. The molecule has 2 unspecified atom stereocenters. The van der Waals surface area contributed by atoms with Crippen molar-refractivity contribution in [1.82, 2.24) is 0 Å². The average molecular weight is 259 g/mol. The molecule has 1 saturated heterocycles. The molecule has 0 radical (unpaired) electrons. The van der Waals surface area contributed by atoms with Gasteiger partial charge >= 0.3 is 0 Å². The van der Waals surface area contributed by atoms with Crippen LogP contribution < -0.4 is 4.90 Å². The Hall–Kier alpha value is -2.09. The molecule has 1 aromatic rings. The fourth-order valence-corrected chi connectivity index (χ4v) is 2.46. The van der Waals surface area contributed by atoms with E-state index >= 15 is 0 Å². The Morgan fingerprint density at radius 3 is 2.74 bits per heavy atom. The van der Waals surface area contributed by atoms with Crippen molar-refractivity contribution in [3.8, 4) is 6.07 Å². The molecule has 0 bridgehead atoms. The van der Waals surface area contributed by atoms with Crippen molar-refractivity contribution in [2.75, 3.05) is 18.0 Å². The van der Waals surface area contributed by atoms with Crippen LogP contribution in [0.2, 0.25) is 0 Å². The van der Waals surface area contributed by atoms with Gasteiger partial charge in [0.1, 0.15) is 11.6 Å². The molecule has 0 saturated carbocycles. The van der Waals surface area contributed by atoms with Crippen molar-refractivity contribution in [2.24, 2.45) is 11.8 Å². The fourth-order valence-electron chi connectivity index (χ4n) is 2.46. The van der Waals surface area contributed by atoms with Gasteiger partial charge in [-0.25, -0.2) is 0 Å². The number of hydrogen-bond acceptors (Lipinski definition) is 4. The van der Waals surface area contributed by atoms with Gasteiger partial charge < -0.3 is 4.90 Å². The average Bonchev–Trinajstić information content (AvgIpc) is 2.41. The van der Waals surface area contributed by atoms with Crippen molar-refractivity contribution in [3.05, 3.63) is 33.9 Å². The first-order valence-electron chi connectivity index (χ1n) is 6.46. The summed E-state index contributed by atoms with van der Waals surface area (Å²) in [5, 5.41) is 19.8. The number of benzene rings is 1. The molecule has 5 nitrogen and oxygen atoms in total. The molecule has 1 aliphatic rings. The quantitative estimate of drug-likeness (QED) is 0.604. The highest BCUT2D eigenvalue weighted by Crippen LogP contribution is 2.30. The van der Waals surface area contributed by atoms with Gasteiger partial charge in [-0.2, -0.15) is 5.26 Å². The molecule has 1 aliphatic heterocycles. The zero-order chi connectivity index (χ0) is 14.0. The summed E-state index contributed by atoms with van der Waals surface area (Å²) in [7, 11) is 0. The number of nitro benzene ring substituents is 1. The van der Waals surface area contributed by atoms with Crippen LogP contribution in [0.1, 0.15) is 25.8 Å². The standard InChI is InChI=1S/C14H17N3O2/c1-10-5-6-16(9-11(10)2)13-4-3-12(8-15)14(7-13)17(18)19/h3-4,7,10-11H,5-6,9H2,1-2H3. The largest absolute Gasteiger partial charge is 0.371 e. The van der Waals surface area contributed by atoms with Crippen LogP contribution in [0.3, 0.4) is 0 Å². The summed E-state index contributed by atoms with van der Waals surface area (Å²) in [5.74, 6) is 1.26. The summed E-state index contributed by atoms with van der Waals surface area (Å²) in [6.07, 6.45) is 1.09. The monoisotopic (exact) mass is 259 g/mol. The van der Waals surface area contributed by atoms with Gasteiger partial charge in [-0.15, -0.1) is 0 Å². The topological polar surface area (TPSA) is 70.2 Å². The minimum absolute atomic E-state index is 0.105. The zero-order valence-electron chi connectivity index (χ0n) is 11.2. The molecule has 0 amide bonds. The summed E-state index contributed by atoms with van der Waals surface area (Å²) in [6.45, 7) is 6.26. The molecule has 0 spiro atoms. The highest BCUT2D eigenvalue weighted by Gasteiger charge is 2.24. The third kappa shape index (κ3) is 2.68. The predicted molar refractivity (Wildman–Crippen MR) is 73.0 cm³/mol. The minimum Gasteiger partial charge on any atom is -0.371 e. The van der Waals surface area contributed by atoms with E-state index in [2.05, 4.69) is 18.7 Å². The SMILES string of the molecule is CC1CCN(c2ccc(C#N)c([N+](=O)[O-])c2)CC1C. The molecule has 1 heterocycles. The normalized spacial score (nSPS) is 22.9. The number of nitriles is 1. The number of hydrogen-bond donors (Lipinski definition) is 0. The third-order valence-corrected chi connectivity index (χ3v) is 4.00. The minimum atomic E-state index is -0.488. The van der Waals surface area contributed by atoms with E-state index in [4.69, 9.17) is 5.26 Å². The predicted octanol–water partition coefficient (Wildman–Crippen LogP) is 2.95. The number of nitrogens with zero attached hydrogens (tertiary/aromatic N) is 3. The molecule has 5 heteroatoms. The summed E-state index contributed by atoms with van der Waals surface area (Å²) in [6, 6.07) is 6.72. The maximum Gasteiger partial charge on any atom is 0.289 e. The lowest BCUT2D eigenvalue weighted by atomic mass is 9.88. The first-order valence-corrected chi connectivity index (χ1v) is 6.46. The van der Waals surface area contributed by atoms with Crippen LogP contribution in [0.4, 0.5) is 11.4 Å². The number of anilines is 1. The van der Waals surface area contributed by atoms with Crippen LogP contribution >= 0.6 is 0 Å². The van der Waals surface area contributed by atoms with E-state index in [9.17, 15) is 10.1 Å². The number of piperidine rings is 1. The molecule has 0 aromatic heterocycles. The van der Waals surface area contributed by atoms with E-state index in [1.54, 1.807) is 6.07 Å². The van der Waals surface area contributed by atoms with Gasteiger partial charge in [-0.05, 0) is 30.4 Å². The summed E-state index contributed by atoms with van der Waals surface area (Å²) in [4.78, 5) is 12.6. The van der Waals surface area contributed by atoms with Crippen LogP contribution in [0.25, 0.3) is 0 Å². The van der Waals surface area contributed by atoms with Gasteiger partial charge in [-0.3, -0.25) is 10.1 Å². The highest BCUT2D eigenvalue weighted by atomic mass is 16.6. The molecule has 100 valence electrons. The van der Waals surface area contributed by atoms with Crippen molar-refractivity contribution in [2.45, 2.75) is 20.3 Å². The maximum atomic E-state index is 11.0. The highest BCUT2D eigenvalue weighted by molar-refractivity contribution is 5.60. The smallest absolute Gasteiger partial charge is 0.289 e. The molecule has 0 N–H and O–H groups in total. The van der Waals surface area contributed by atoms with E-state index in [1.165, 1.54) is 12.1 Å². The van der Waals surface area contributed by atoms with Crippen molar-refractivity contribution < 1.29 is 4.92 Å². The number of rotatable bonds is 2. The van der Waals surface area contributed by atoms with Gasteiger partial charge in [0.25, 0.3) is 5.69 Å². The zero-order valence-corrected chi connectivity index (χ0v) is 11.2. The van der Waals surface area contributed by atoms with Crippen molar-refractivity contribution in [3.63, 3.8) is 0 Å². The molecular formula is C14H17N3O2. The fraction of sp³-hybridized carbons (Fsp3) is 0.500. The van der Waals surface area contributed by atoms with Crippen LogP contribution in [0.15, 0.2) is 18.2 Å². The van der Waals surface area contributed by atoms with Crippen LogP contribution in [-0.4, -0.2) is 18.0 Å². The van der Waals surface area contributed by atoms with Gasteiger partial charge in [-0.1, -0.05) is 13.8 Å². The van der Waals surface area contributed by atoms with Crippen molar-refractivity contribution >= 4 is 11.4 Å². The second kappa shape index (κ2) is 5.27. The van der Waals surface area contributed by atoms with Gasteiger partial charge in [0.15, 0.2) is 0 Å². The second-order valence-electron chi connectivity index (χ2n) is 5.26. The third-order valence-electron chi connectivity index (χ3n) is 4.00. The Kier molecular flexibility index (Phi) is 3.70. The molecule has 2 atom stereocenters. The van der Waals surface area contributed by atoms with E-state index in [0.717, 1.165) is 25.2 Å². The lowest BCUT2D eigenvalue weighted by Gasteiger charge is -2.36. The Bertz CT molecular complexity index is 536. The molecule has 19 heavy (non-hydrogen) atoms. The summed E-state index contributed by atoms with van der Waals surface area (Å²) >= 11 is 0. The maximum absolute atomic E-state index is 11.0. The molecular weight excluding hydrogens is 242 g/mol. The Balaban J connectivity index is 2.29. The van der Waals surface area contributed by atoms with Crippen LogP contribution in [0.5, 0.6) is 0 Å². The Morgan fingerprint density at radius 2 is 2.16 bits per heavy atom. The summed E-state index contributed by atoms with van der Waals surface area (Å²) in [5.41, 5.74) is 0.850. The van der Waals surface area contributed by atoms with E-state index in [-0.39, 0.29) is 11.3 Å². The molecule has 0 aliphatic carbocycles. The van der Waals surface area contributed by atoms with Gasteiger partial charge in [0, 0.05) is 24.8 Å². The summed E-state index contributed by atoms with van der Waals surface area (Å²) < 4.78 is 0. The molecule has 1 fully saturated rings. The van der Waals surface area contributed by atoms with E-state index in [1.807, 2.05) is 6.07 Å². The Labute approximate surface area is 112 Å². The van der Waals surface area contributed by atoms with Crippen LogP contribution in [0, 0.1) is 33.3 Å².